The minimum atomic E-state index is -4.09. The topological polar surface area (TPSA) is 141 Å². The van der Waals surface area contributed by atoms with Gasteiger partial charge in [-0.3, -0.25) is 9.11 Å². The lowest BCUT2D eigenvalue weighted by Gasteiger charge is -2.27. The number of anilines is 1. The summed E-state index contributed by atoms with van der Waals surface area (Å²) in [5.74, 6) is -0.650. The molecule has 5 rings (SSSR count). The number of nitrogens with zero attached hydrogens (tertiary/aromatic N) is 2. The van der Waals surface area contributed by atoms with Gasteiger partial charge in [0.2, 0.25) is 5.69 Å². The van der Waals surface area contributed by atoms with E-state index in [0.29, 0.717) is 19.6 Å². The lowest BCUT2D eigenvalue weighted by molar-refractivity contribution is -0.437. The lowest BCUT2D eigenvalue weighted by Crippen LogP contribution is -2.28. The van der Waals surface area contributed by atoms with Gasteiger partial charge in [-0.15, -0.1) is 0 Å². The molecule has 2 aliphatic rings. The maximum Gasteiger partial charge on any atom is 0.265 e. The van der Waals surface area contributed by atoms with Crippen LogP contribution in [0.5, 0.6) is 0 Å². The molecular formula is C38H46N3O6S2+. The van der Waals surface area contributed by atoms with E-state index in [0.717, 1.165) is 50.6 Å². The Morgan fingerprint density at radius 2 is 1.43 bits per heavy atom. The predicted octanol–water partition coefficient (Wildman–Crippen LogP) is 6.40. The minimum Gasteiger partial charge on any atom is -0.344 e. The van der Waals surface area contributed by atoms with Gasteiger partial charge < -0.3 is 10.6 Å². The van der Waals surface area contributed by atoms with Crippen LogP contribution in [0.3, 0.4) is 0 Å². The molecule has 0 fully saturated rings. The summed E-state index contributed by atoms with van der Waals surface area (Å²) in [5.41, 5.74) is 14.3. The van der Waals surface area contributed by atoms with E-state index in [1.54, 1.807) is 0 Å². The van der Waals surface area contributed by atoms with Crippen LogP contribution in [0.1, 0.15) is 62.8 Å². The molecule has 0 atom stereocenters. The van der Waals surface area contributed by atoms with Gasteiger partial charge in [-0.05, 0) is 60.8 Å². The van der Waals surface area contributed by atoms with E-state index in [2.05, 4.69) is 73.6 Å². The Hall–Kier alpha value is -3.87. The SMILES string of the molecule is CC1(C)C(/C=C/C(=C/C=C2\N(CCCS(=O)(=O)O)c3ccccc3C2(C)C)c2ccc(CN)cc2)=[N+](CCCS(=O)(=O)O)c2ccccc21. The monoisotopic (exact) mass is 704 g/mol. The Bertz CT molecular complexity index is 2060. The number of hydrogen-bond acceptors (Lipinski definition) is 6. The van der Waals surface area contributed by atoms with Crippen molar-refractivity contribution >= 4 is 42.9 Å². The smallest absolute Gasteiger partial charge is 0.265 e. The Balaban J connectivity index is 1.61. The predicted molar refractivity (Wildman–Crippen MR) is 198 cm³/mol. The van der Waals surface area contributed by atoms with Crippen molar-refractivity contribution in [3.8, 4) is 0 Å². The highest BCUT2D eigenvalue weighted by Gasteiger charge is 2.44. The second-order valence-corrected chi connectivity index (χ2v) is 16.8. The number of rotatable bonds is 13. The molecule has 3 aromatic rings. The van der Waals surface area contributed by atoms with Crippen LogP contribution in [0, 0.1) is 0 Å². The van der Waals surface area contributed by atoms with Gasteiger partial charge in [0.25, 0.3) is 20.2 Å². The van der Waals surface area contributed by atoms with E-state index in [1.165, 1.54) is 0 Å². The van der Waals surface area contributed by atoms with E-state index in [1.807, 2.05) is 60.7 Å². The van der Waals surface area contributed by atoms with Crippen molar-refractivity contribution in [1.29, 1.82) is 0 Å². The lowest BCUT2D eigenvalue weighted by atomic mass is 9.81. The highest BCUT2D eigenvalue weighted by atomic mass is 32.2. The number of hydrogen-bond donors (Lipinski definition) is 3. The molecule has 3 aromatic carbocycles. The zero-order chi connectivity index (χ0) is 35.6. The average molecular weight is 705 g/mol. The van der Waals surface area contributed by atoms with Crippen molar-refractivity contribution in [2.45, 2.75) is 57.9 Å². The van der Waals surface area contributed by atoms with Gasteiger partial charge in [-0.25, -0.2) is 0 Å². The molecular weight excluding hydrogens is 659 g/mol. The zero-order valence-electron chi connectivity index (χ0n) is 28.5. The first-order valence-electron chi connectivity index (χ1n) is 16.4. The van der Waals surface area contributed by atoms with E-state index >= 15 is 0 Å². The first-order chi connectivity index (χ1) is 23.0. The molecule has 0 bridgehead atoms. The summed E-state index contributed by atoms with van der Waals surface area (Å²) >= 11 is 0. The molecule has 0 amide bonds. The van der Waals surface area contributed by atoms with Crippen molar-refractivity contribution in [2.24, 2.45) is 5.73 Å². The summed E-state index contributed by atoms with van der Waals surface area (Å²) in [6, 6.07) is 24.3. The van der Waals surface area contributed by atoms with Gasteiger partial charge in [0.1, 0.15) is 6.54 Å². The van der Waals surface area contributed by atoms with Gasteiger partial charge in [-0.2, -0.15) is 21.4 Å². The average Bonchev–Trinajstić information content (AvgIpc) is 3.39. The molecule has 4 N–H and O–H groups in total. The van der Waals surface area contributed by atoms with Crippen LogP contribution >= 0.6 is 0 Å². The van der Waals surface area contributed by atoms with E-state index in [4.69, 9.17) is 5.73 Å². The first-order valence-corrected chi connectivity index (χ1v) is 19.7. The Morgan fingerprint density at radius 1 is 0.816 bits per heavy atom. The van der Waals surface area contributed by atoms with E-state index in [9.17, 15) is 25.9 Å². The van der Waals surface area contributed by atoms with Gasteiger partial charge in [0.05, 0.1) is 16.9 Å². The van der Waals surface area contributed by atoms with Crippen LogP contribution in [0.25, 0.3) is 5.57 Å². The van der Waals surface area contributed by atoms with E-state index < -0.39 is 20.2 Å². The summed E-state index contributed by atoms with van der Waals surface area (Å²) in [5, 5.41) is 0. The maximum atomic E-state index is 11.6. The highest BCUT2D eigenvalue weighted by Crippen LogP contribution is 2.48. The largest absolute Gasteiger partial charge is 0.344 e. The van der Waals surface area contributed by atoms with Gasteiger partial charge >= 0.3 is 0 Å². The Labute approximate surface area is 290 Å². The molecule has 2 heterocycles. The number of fused-ring (bicyclic) bond motifs is 2. The van der Waals surface area contributed by atoms with Gasteiger partial charge in [0, 0.05) is 54.0 Å². The molecule has 0 radical (unpaired) electrons. The van der Waals surface area contributed by atoms with Crippen molar-refractivity contribution in [3.63, 3.8) is 0 Å². The van der Waals surface area contributed by atoms with Crippen molar-refractivity contribution in [3.05, 3.63) is 125 Å². The van der Waals surface area contributed by atoms with Crippen molar-refractivity contribution < 1.29 is 30.5 Å². The van der Waals surface area contributed by atoms with Crippen molar-refractivity contribution in [2.75, 3.05) is 29.5 Å². The minimum absolute atomic E-state index is 0.263. The van der Waals surface area contributed by atoms with Crippen LogP contribution < -0.4 is 10.6 Å². The summed E-state index contributed by atoms with van der Waals surface area (Å²) in [6.07, 6.45) is 8.86. The number of para-hydroxylation sites is 2. The molecule has 0 saturated heterocycles. The first kappa shape index (κ1) is 36.4. The molecule has 0 aliphatic carbocycles. The second-order valence-electron chi connectivity index (χ2n) is 13.7. The maximum absolute atomic E-state index is 11.6. The summed E-state index contributed by atoms with van der Waals surface area (Å²) < 4.78 is 67.2. The fourth-order valence-corrected chi connectivity index (χ4v) is 7.98. The third kappa shape index (κ3) is 8.13. The molecule has 2 aliphatic heterocycles. The molecule has 260 valence electrons. The standard InChI is InChI=1S/C38H45N3O6S2/c1-37(2)31-11-5-7-13-33(31)40(23-9-25-48(42,43)44)35(37)21-19-30(29-17-15-28(27-39)16-18-29)20-22-36-38(3,4)32-12-6-8-14-34(32)41(36)24-10-26-49(45,46)47/h5-8,11-22H,9-10,23-27,39H2,1-4H3,(H-,42,43,44,45,46,47)/p+1. The van der Waals surface area contributed by atoms with Crippen LogP contribution in [0.4, 0.5) is 11.4 Å². The molecule has 0 spiro atoms. The highest BCUT2D eigenvalue weighted by molar-refractivity contribution is 7.86. The number of nitrogens with two attached hydrogens (primary N) is 1. The summed E-state index contributed by atoms with van der Waals surface area (Å²) in [7, 11) is -8.19. The molecule has 49 heavy (non-hydrogen) atoms. The van der Waals surface area contributed by atoms with Crippen LogP contribution in [0.15, 0.2) is 103 Å². The fraction of sp³-hybridized carbons (Fsp3) is 0.342. The van der Waals surface area contributed by atoms with Crippen molar-refractivity contribution in [1.82, 2.24) is 0 Å². The molecule has 0 unspecified atom stereocenters. The van der Waals surface area contributed by atoms with Gasteiger partial charge in [0.15, 0.2) is 5.71 Å². The fourth-order valence-electron chi connectivity index (χ4n) is 6.99. The quantitative estimate of drug-likeness (QED) is 0.106. The molecule has 0 saturated carbocycles. The third-order valence-electron chi connectivity index (χ3n) is 9.53. The summed E-state index contributed by atoms with van der Waals surface area (Å²) in [6.45, 7) is 9.86. The number of benzene rings is 3. The van der Waals surface area contributed by atoms with Crippen LogP contribution in [-0.2, 0) is 37.6 Å². The van der Waals surface area contributed by atoms with Crippen LogP contribution in [0.2, 0.25) is 0 Å². The second kappa shape index (κ2) is 14.2. The Kier molecular flexibility index (Phi) is 10.5. The van der Waals surface area contributed by atoms with Gasteiger partial charge in [-0.1, -0.05) is 80.6 Å². The molecule has 0 aromatic heterocycles. The summed E-state index contributed by atoms with van der Waals surface area (Å²) in [4.78, 5) is 2.14. The normalized spacial score (nSPS) is 18.1. The third-order valence-corrected chi connectivity index (χ3v) is 11.1. The zero-order valence-corrected chi connectivity index (χ0v) is 30.1. The molecule has 9 nitrogen and oxygen atoms in total. The number of allylic oxidation sites excluding steroid dienone is 6. The van der Waals surface area contributed by atoms with E-state index in [-0.39, 0.29) is 35.2 Å². The van der Waals surface area contributed by atoms with Crippen LogP contribution in [-0.4, -0.2) is 60.8 Å². The molecule has 11 heteroatoms. The Morgan fingerprint density at radius 3 is 2.08 bits per heavy atom.